The van der Waals surface area contributed by atoms with Crippen molar-refractivity contribution < 1.29 is 14.7 Å². The minimum absolute atomic E-state index is 0.129. The third kappa shape index (κ3) is 7.93. The molecule has 4 N–H and O–H groups in total. The minimum atomic E-state index is -0.771. The van der Waals surface area contributed by atoms with Gasteiger partial charge in [0.2, 0.25) is 5.91 Å². The first-order valence-corrected chi connectivity index (χ1v) is 5.33. The Morgan fingerprint density at radius 2 is 2.00 bits per heavy atom. The molecule has 0 bridgehead atoms. The Bertz CT molecular complexity index is 207. The maximum absolute atomic E-state index is 11.2. The summed E-state index contributed by atoms with van der Waals surface area (Å²) in [6.45, 7) is 2.43. The Balaban J connectivity index is 3.31. The third-order valence-electron chi connectivity index (χ3n) is 2.14. The summed E-state index contributed by atoms with van der Waals surface area (Å²) >= 11 is 0. The molecule has 0 rings (SSSR count). The highest BCUT2D eigenvalue weighted by atomic mass is 16.4. The first-order chi connectivity index (χ1) is 7.07. The molecule has 0 aliphatic heterocycles. The summed E-state index contributed by atoms with van der Waals surface area (Å²) in [5, 5.41) is 11.1. The van der Waals surface area contributed by atoms with E-state index in [0.29, 0.717) is 19.4 Å². The Morgan fingerprint density at radius 3 is 2.53 bits per heavy atom. The van der Waals surface area contributed by atoms with Gasteiger partial charge in [-0.2, -0.15) is 0 Å². The summed E-state index contributed by atoms with van der Waals surface area (Å²) in [4.78, 5) is 21.4. The molecule has 0 heterocycles. The number of carbonyl (C=O) groups excluding carboxylic acids is 1. The van der Waals surface area contributed by atoms with E-state index in [1.54, 1.807) is 0 Å². The summed E-state index contributed by atoms with van der Waals surface area (Å²) in [7, 11) is 0. The molecule has 88 valence electrons. The largest absolute Gasteiger partial charge is 0.481 e. The molecule has 0 saturated carbocycles. The Hall–Kier alpha value is -1.10. The Labute approximate surface area is 90.0 Å². The minimum Gasteiger partial charge on any atom is -0.481 e. The predicted molar refractivity (Wildman–Crippen MR) is 57.4 cm³/mol. The summed E-state index contributed by atoms with van der Waals surface area (Å²) in [6, 6.07) is -0.427. The Kier molecular flexibility index (Phi) is 7.62. The molecule has 0 aromatic carbocycles. The van der Waals surface area contributed by atoms with Crippen LogP contribution in [-0.4, -0.2) is 29.6 Å². The summed E-state index contributed by atoms with van der Waals surface area (Å²) in [5.74, 6) is -0.900. The number of hydrogen-bond acceptors (Lipinski definition) is 3. The van der Waals surface area contributed by atoms with Crippen LogP contribution in [0.5, 0.6) is 0 Å². The smallest absolute Gasteiger partial charge is 0.303 e. The van der Waals surface area contributed by atoms with Crippen LogP contribution in [0.25, 0.3) is 0 Å². The third-order valence-corrected chi connectivity index (χ3v) is 2.14. The van der Waals surface area contributed by atoms with E-state index in [1.165, 1.54) is 0 Å². The van der Waals surface area contributed by atoms with Gasteiger partial charge in [-0.1, -0.05) is 13.3 Å². The lowest BCUT2D eigenvalue weighted by Gasteiger charge is -2.09. The average molecular weight is 216 g/mol. The molecule has 0 unspecified atom stereocenters. The number of carbonyl (C=O) groups is 2. The topological polar surface area (TPSA) is 92.4 Å². The number of carboxylic acids is 1. The lowest BCUT2D eigenvalue weighted by molar-refractivity contribution is -0.137. The molecule has 0 aromatic rings. The molecular weight excluding hydrogens is 196 g/mol. The molecular formula is C10H20N2O3. The molecule has 1 atom stereocenters. The molecule has 5 heteroatoms. The molecule has 1 amide bonds. The first kappa shape index (κ1) is 13.9. The fourth-order valence-corrected chi connectivity index (χ4v) is 1.11. The van der Waals surface area contributed by atoms with E-state index in [-0.39, 0.29) is 12.3 Å². The van der Waals surface area contributed by atoms with E-state index >= 15 is 0 Å². The standard InChI is InChI=1S/C10H20N2O3/c1-2-8(11)10(15)12-7-5-3-4-6-9(13)14/h8H,2-7,11H2,1H3,(H,12,15)(H,13,14)/t8-/m0/s1. The van der Waals surface area contributed by atoms with Crippen LogP contribution < -0.4 is 11.1 Å². The van der Waals surface area contributed by atoms with E-state index in [1.807, 2.05) is 6.92 Å². The van der Waals surface area contributed by atoms with Gasteiger partial charge in [-0.05, 0) is 19.3 Å². The van der Waals surface area contributed by atoms with Gasteiger partial charge < -0.3 is 16.2 Å². The van der Waals surface area contributed by atoms with Crippen LogP contribution >= 0.6 is 0 Å². The number of amides is 1. The normalized spacial score (nSPS) is 12.1. The van der Waals surface area contributed by atoms with Crippen molar-refractivity contribution in [2.24, 2.45) is 5.73 Å². The van der Waals surface area contributed by atoms with Gasteiger partial charge >= 0.3 is 5.97 Å². The molecule has 0 aliphatic rings. The number of carboxylic acid groups (broad SMARTS) is 1. The fraction of sp³-hybridized carbons (Fsp3) is 0.800. The average Bonchev–Trinajstić information content (AvgIpc) is 2.21. The summed E-state index contributed by atoms with van der Waals surface area (Å²) in [6.07, 6.45) is 3.10. The molecule has 5 nitrogen and oxygen atoms in total. The molecule has 0 spiro atoms. The SMILES string of the molecule is CC[C@H](N)C(=O)NCCCCCC(=O)O. The molecule has 0 saturated heterocycles. The highest BCUT2D eigenvalue weighted by Crippen LogP contribution is 1.98. The lowest BCUT2D eigenvalue weighted by Crippen LogP contribution is -2.40. The number of unbranched alkanes of at least 4 members (excludes halogenated alkanes) is 2. The maximum Gasteiger partial charge on any atom is 0.303 e. The molecule has 0 radical (unpaired) electrons. The zero-order valence-corrected chi connectivity index (χ0v) is 9.16. The number of hydrogen-bond donors (Lipinski definition) is 3. The van der Waals surface area contributed by atoms with Crippen LogP contribution in [-0.2, 0) is 9.59 Å². The summed E-state index contributed by atoms with van der Waals surface area (Å²) in [5.41, 5.74) is 5.51. The Morgan fingerprint density at radius 1 is 1.33 bits per heavy atom. The maximum atomic E-state index is 11.2. The van der Waals surface area contributed by atoms with Gasteiger partial charge in [-0.15, -0.1) is 0 Å². The van der Waals surface area contributed by atoms with Gasteiger partial charge in [0.15, 0.2) is 0 Å². The van der Waals surface area contributed by atoms with E-state index < -0.39 is 12.0 Å². The van der Waals surface area contributed by atoms with Crippen molar-refractivity contribution in [1.82, 2.24) is 5.32 Å². The molecule has 15 heavy (non-hydrogen) atoms. The van der Waals surface area contributed by atoms with Gasteiger partial charge in [0.25, 0.3) is 0 Å². The number of aliphatic carboxylic acids is 1. The van der Waals surface area contributed by atoms with Crippen LogP contribution in [0.3, 0.4) is 0 Å². The van der Waals surface area contributed by atoms with E-state index in [4.69, 9.17) is 10.8 Å². The number of nitrogens with two attached hydrogens (primary N) is 1. The van der Waals surface area contributed by atoms with Gasteiger partial charge in [-0.3, -0.25) is 9.59 Å². The van der Waals surface area contributed by atoms with Crippen LogP contribution in [0, 0.1) is 0 Å². The molecule has 0 aliphatic carbocycles. The van der Waals surface area contributed by atoms with E-state index in [9.17, 15) is 9.59 Å². The zero-order chi connectivity index (χ0) is 11.7. The highest BCUT2D eigenvalue weighted by Gasteiger charge is 2.08. The van der Waals surface area contributed by atoms with Crippen molar-refractivity contribution in [3.05, 3.63) is 0 Å². The van der Waals surface area contributed by atoms with Gasteiger partial charge in [0.05, 0.1) is 6.04 Å². The zero-order valence-electron chi connectivity index (χ0n) is 9.16. The fourth-order valence-electron chi connectivity index (χ4n) is 1.11. The number of nitrogens with one attached hydrogen (secondary N) is 1. The van der Waals surface area contributed by atoms with Crippen LogP contribution in [0.2, 0.25) is 0 Å². The second kappa shape index (κ2) is 8.23. The van der Waals surface area contributed by atoms with Gasteiger partial charge in [-0.25, -0.2) is 0 Å². The van der Waals surface area contributed by atoms with Crippen molar-refractivity contribution in [2.45, 2.75) is 45.1 Å². The quantitative estimate of drug-likeness (QED) is 0.515. The van der Waals surface area contributed by atoms with E-state index in [2.05, 4.69) is 5.32 Å². The van der Waals surface area contributed by atoms with Gasteiger partial charge in [0, 0.05) is 13.0 Å². The van der Waals surface area contributed by atoms with Crippen molar-refractivity contribution in [3.8, 4) is 0 Å². The first-order valence-electron chi connectivity index (χ1n) is 5.33. The van der Waals surface area contributed by atoms with Crippen molar-refractivity contribution in [2.75, 3.05) is 6.54 Å². The van der Waals surface area contributed by atoms with E-state index in [0.717, 1.165) is 12.8 Å². The van der Waals surface area contributed by atoms with Crippen molar-refractivity contribution >= 4 is 11.9 Å². The monoisotopic (exact) mass is 216 g/mol. The van der Waals surface area contributed by atoms with Crippen LogP contribution in [0.4, 0.5) is 0 Å². The molecule has 0 aromatic heterocycles. The van der Waals surface area contributed by atoms with Crippen molar-refractivity contribution in [3.63, 3.8) is 0 Å². The second-order valence-electron chi connectivity index (χ2n) is 3.51. The number of rotatable bonds is 8. The summed E-state index contributed by atoms with van der Waals surface area (Å²) < 4.78 is 0. The molecule has 0 fully saturated rings. The van der Waals surface area contributed by atoms with Crippen LogP contribution in [0.15, 0.2) is 0 Å². The van der Waals surface area contributed by atoms with Gasteiger partial charge in [0.1, 0.15) is 0 Å². The van der Waals surface area contributed by atoms with Crippen LogP contribution in [0.1, 0.15) is 39.0 Å². The second-order valence-corrected chi connectivity index (χ2v) is 3.51. The lowest BCUT2D eigenvalue weighted by atomic mass is 10.2. The highest BCUT2D eigenvalue weighted by molar-refractivity contribution is 5.81. The van der Waals surface area contributed by atoms with Crippen molar-refractivity contribution in [1.29, 1.82) is 0 Å². The predicted octanol–water partition coefficient (Wildman–Crippen LogP) is 0.485.